The molecule has 2 rings (SSSR count). The van der Waals surface area contributed by atoms with Crippen molar-refractivity contribution in [1.29, 1.82) is 0 Å². The SMILES string of the molecule is C.C.C[C@@H]1CC[C@@H](C)N1c1ccc(N)c(C(F)(F)F)c1. The molecule has 1 aromatic carbocycles. The Morgan fingerprint density at radius 3 is 2.05 bits per heavy atom. The number of nitrogens with two attached hydrogens (primary N) is 1. The fourth-order valence-electron chi connectivity index (χ4n) is 2.65. The molecule has 2 N–H and O–H groups in total. The molecular formula is C15H25F3N2. The van der Waals surface area contributed by atoms with Crippen LogP contribution in [0.5, 0.6) is 0 Å². The molecule has 0 bridgehead atoms. The van der Waals surface area contributed by atoms with Crippen LogP contribution in [0.2, 0.25) is 0 Å². The Morgan fingerprint density at radius 2 is 1.60 bits per heavy atom. The zero-order chi connectivity index (χ0) is 13.5. The Kier molecular flexibility index (Phi) is 5.93. The minimum atomic E-state index is -4.40. The molecule has 1 heterocycles. The van der Waals surface area contributed by atoms with Gasteiger partial charge in [-0.1, -0.05) is 14.9 Å². The minimum absolute atomic E-state index is 0. The molecule has 2 atom stereocenters. The number of rotatable bonds is 1. The zero-order valence-corrected chi connectivity index (χ0v) is 10.5. The van der Waals surface area contributed by atoms with Gasteiger partial charge in [0.15, 0.2) is 0 Å². The first kappa shape index (κ1) is 18.6. The summed E-state index contributed by atoms with van der Waals surface area (Å²) in [5, 5.41) is 0. The monoisotopic (exact) mass is 290 g/mol. The van der Waals surface area contributed by atoms with Crippen LogP contribution in [-0.4, -0.2) is 12.1 Å². The topological polar surface area (TPSA) is 29.3 Å². The lowest BCUT2D eigenvalue weighted by molar-refractivity contribution is -0.136. The number of hydrogen-bond acceptors (Lipinski definition) is 2. The second-order valence-corrected chi connectivity index (χ2v) is 4.95. The molecule has 116 valence electrons. The molecule has 1 aliphatic heterocycles. The second-order valence-electron chi connectivity index (χ2n) is 4.95. The standard InChI is InChI=1S/C13H17F3N2.2CH4/c1-8-3-4-9(2)18(8)10-5-6-12(17)11(7-10)13(14,15)16;;/h5-9H,3-4,17H2,1-2H3;2*1H4/t8-,9-;;/m1../s1. The molecule has 1 aromatic rings. The second kappa shape index (κ2) is 6.37. The van der Waals surface area contributed by atoms with E-state index in [2.05, 4.69) is 0 Å². The fourth-order valence-corrected chi connectivity index (χ4v) is 2.65. The molecule has 0 amide bonds. The molecule has 5 heteroatoms. The number of nitrogens with zero attached hydrogens (tertiary/aromatic N) is 1. The first-order valence-corrected chi connectivity index (χ1v) is 6.05. The van der Waals surface area contributed by atoms with Crippen LogP contribution in [0.15, 0.2) is 18.2 Å². The highest BCUT2D eigenvalue weighted by Crippen LogP contribution is 2.38. The van der Waals surface area contributed by atoms with Crippen LogP contribution in [0.25, 0.3) is 0 Å². The summed E-state index contributed by atoms with van der Waals surface area (Å²) < 4.78 is 38.4. The Morgan fingerprint density at radius 1 is 1.10 bits per heavy atom. The van der Waals surface area contributed by atoms with E-state index in [1.807, 2.05) is 18.7 Å². The van der Waals surface area contributed by atoms with Crippen molar-refractivity contribution < 1.29 is 13.2 Å². The molecule has 1 saturated heterocycles. The molecular weight excluding hydrogens is 265 g/mol. The highest BCUT2D eigenvalue weighted by atomic mass is 19.4. The van der Waals surface area contributed by atoms with Crippen molar-refractivity contribution in [3.05, 3.63) is 23.8 Å². The van der Waals surface area contributed by atoms with Gasteiger partial charge in [-0.15, -0.1) is 0 Å². The van der Waals surface area contributed by atoms with E-state index < -0.39 is 11.7 Å². The molecule has 0 spiro atoms. The van der Waals surface area contributed by atoms with Gasteiger partial charge in [-0.05, 0) is 44.9 Å². The third-order valence-electron chi connectivity index (χ3n) is 3.59. The highest BCUT2D eigenvalue weighted by Gasteiger charge is 2.35. The number of halogens is 3. The summed E-state index contributed by atoms with van der Waals surface area (Å²) in [6.45, 7) is 4.07. The molecule has 0 aromatic heterocycles. The van der Waals surface area contributed by atoms with E-state index in [0.29, 0.717) is 5.69 Å². The van der Waals surface area contributed by atoms with E-state index in [4.69, 9.17) is 5.73 Å². The number of benzene rings is 1. The molecule has 0 radical (unpaired) electrons. The lowest BCUT2D eigenvalue weighted by atomic mass is 10.1. The van der Waals surface area contributed by atoms with Crippen molar-refractivity contribution in [2.45, 2.75) is 59.8 Å². The van der Waals surface area contributed by atoms with Crippen molar-refractivity contribution in [1.82, 2.24) is 0 Å². The van der Waals surface area contributed by atoms with Gasteiger partial charge in [0, 0.05) is 23.5 Å². The zero-order valence-electron chi connectivity index (χ0n) is 10.5. The van der Waals surface area contributed by atoms with Crippen molar-refractivity contribution in [2.75, 3.05) is 10.6 Å². The van der Waals surface area contributed by atoms with Gasteiger partial charge in [0.1, 0.15) is 0 Å². The summed E-state index contributed by atoms with van der Waals surface area (Å²) >= 11 is 0. The van der Waals surface area contributed by atoms with Gasteiger partial charge in [-0.25, -0.2) is 0 Å². The molecule has 0 unspecified atom stereocenters. The maximum atomic E-state index is 12.8. The summed E-state index contributed by atoms with van der Waals surface area (Å²) in [6, 6.07) is 4.71. The van der Waals surface area contributed by atoms with Crippen molar-refractivity contribution in [3.8, 4) is 0 Å². The maximum Gasteiger partial charge on any atom is 0.418 e. The van der Waals surface area contributed by atoms with Crippen LogP contribution in [0.3, 0.4) is 0 Å². The van der Waals surface area contributed by atoms with E-state index in [-0.39, 0.29) is 32.6 Å². The summed E-state index contributed by atoms with van der Waals surface area (Å²) in [7, 11) is 0. The Hall–Kier alpha value is -1.39. The predicted octanol–water partition coefficient (Wildman–Crippen LogP) is 4.94. The van der Waals surface area contributed by atoms with Crippen LogP contribution in [0.1, 0.15) is 47.1 Å². The van der Waals surface area contributed by atoms with Crippen LogP contribution >= 0.6 is 0 Å². The van der Waals surface area contributed by atoms with E-state index in [1.165, 1.54) is 6.07 Å². The van der Waals surface area contributed by atoms with Gasteiger partial charge in [-0.3, -0.25) is 0 Å². The maximum absolute atomic E-state index is 12.8. The fraction of sp³-hybridized carbons (Fsp3) is 0.600. The van der Waals surface area contributed by atoms with Crippen molar-refractivity contribution >= 4 is 11.4 Å². The average molecular weight is 290 g/mol. The smallest absolute Gasteiger partial charge is 0.398 e. The summed E-state index contributed by atoms with van der Waals surface area (Å²) in [5.74, 6) is 0. The van der Waals surface area contributed by atoms with E-state index in [0.717, 1.165) is 18.9 Å². The van der Waals surface area contributed by atoms with Gasteiger partial charge < -0.3 is 10.6 Å². The van der Waals surface area contributed by atoms with Crippen LogP contribution < -0.4 is 10.6 Å². The number of anilines is 2. The third-order valence-corrected chi connectivity index (χ3v) is 3.59. The van der Waals surface area contributed by atoms with Gasteiger partial charge in [0.2, 0.25) is 0 Å². The summed E-state index contributed by atoms with van der Waals surface area (Å²) in [6.07, 6.45) is -2.38. The Balaban J connectivity index is 0.00000180. The Bertz CT molecular complexity index is 433. The van der Waals surface area contributed by atoms with Gasteiger partial charge in [-0.2, -0.15) is 13.2 Å². The number of alkyl halides is 3. The number of hydrogen-bond donors (Lipinski definition) is 1. The molecule has 1 aliphatic rings. The normalized spacial score (nSPS) is 22.1. The first-order valence-electron chi connectivity index (χ1n) is 6.05. The minimum Gasteiger partial charge on any atom is -0.398 e. The van der Waals surface area contributed by atoms with Crippen LogP contribution in [0.4, 0.5) is 24.5 Å². The highest BCUT2D eigenvalue weighted by molar-refractivity contribution is 5.60. The van der Waals surface area contributed by atoms with Crippen molar-refractivity contribution in [3.63, 3.8) is 0 Å². The van der Waals surface area contributed by atoms with Crippen LogP contribution in [-0.2, 0) is 6.18 Å². The average Bonchev–Trinajstić information content (AvgIpc) is 2.58. The largest absolute Gasteiger partial charge is 0.418 e. The molecule has 20 heavy (non-hydrogen) atoms. The Labute approximate surface area is 119 Å². The predicted molar refractivity (Wildman–Crippen MR) is 80.0 cm³/mol. The van der Waals surface area contributed by atoms with E-state index in [9.17, 15) is 13.2 Å². The first-order chi connectivity index (χ1) is 8.30. The number of nitrogen functional groups attached to an aromatic ring is 1. The molecule has 0 aliphatic carbocycles. The third kappa shape index (κ3) is 3.38. The van der Waals surface area contributed by atoms with Crippen molar-refractivity contribution in [2.24, 2.45) is 0 Å². The van der Waals surface area contributed by atoms with Gasteiger partial charge in [0.25, 0.3) is 0 Å². The van der Waals surface area contributed by atoms with Crippen LogP contribution in [0, 0.1) is 0 Å². The lowest BCUT2D eigenvalue weighted by Crippen LogP contribution is -2.32. The summed E-state index contributed by atoms with van der Waals surface area (Å²) in [4.78, 5) is 2.04. The van der Waals surface area contributed by atoms with E-state index in [1.54, 1.807) is 6.07 Å². The molecule has 1 fully saturated rings. The van der Waals surface area contributed by atoms with E-state index >= 15 is 0 Å². The van der Waals surface area contributed by atoms with Gasteiger partial charge in [0.05, 0.1) is 5.56 Å². The quantitative estimate of drug-likeness (QED) is 0.742. The molecule has 2 nitrogen and oxygen atoms in total. The summed E-state index contributed by atoms with van der Waals surface area (Å²) in [5.41, 5.74) is 5.05. The van der Waals surface area contributed by atoms with Gasteiger partial charge >= 0.3 is 6.18 Å². The molecule has 0 saturated carbocycles. The lowest BCUT2D eigenvalue weighted by Gasteiger charge is -2.29.